The van der Waals surface area contributed by atoms with E-state index < -0.39 is 17.6 Å². The Kier molecular flexibility index (Phi) is 9.91. The summed E-state index contributed by atoms with van der Waals surface area (Å²) < 4.78 is 16.1. The molecule has 0 spiro atoms. The van der Waals surface area contributed by atoms with E-state index in [1.807, 2.05) is 80.3 Å². The van der Waals surface area contributed by atoms with Crippen LogP contribution < -0.4 is 10.1 Å². The predicted molar refractivity (Wildman–Crippen MR) is 139 cm³/mol. The summed E-state index contributed by atoms with van der Waals surface area (Å²) in [5.74, 6) is -0.0618. The maximum absolute atomic E-state index is 12.7. The Bertz CT molecular complexity index is 1030. The van der Waals surface area contributed by atoms with Crippen molar-refractivity contribution >= 4 is 18.0 Å². The molecule has 3 rings (SSSR count). The second-order valence-corrected chi connectivity index (χ2v) is 10.0. The fraction of sp³-hybridized carbons (Fsp3) is 0.464. The number of esters is 1. The van der Waals surface area contributed by atoms with Gasteiger partial charge in [0, 0.05) is 32.6 Å². The lowest BCUT2D eigenvalue weighted by atomic mass is 10.1. The number of hydrogen-bond donors (Lipinski definition) is 1. The molecule has 37 heavy (non-hydrogen) atoms. The summed E-state index contributed by atoms with van der Waals surface area (Å²) in [4.78, 5) is 40.9. The molecule has 2 aromatic rings. The van der Waals surface area contributed by atoms with E-state index in [2.05, 4.69) is 5.32 Å². The summed E-state index contributed by atoms with van der Waals surface area (Å²) >= 11 is 0. The van der Waals surface area contributed by atoms with E-state index in [4.69, 9.17) is 14.2 Å². The Morgan fingerprint density at radius 2 is 1.57 bits per heavy atom. The smallest absolute Gasteiger partial charge is 0.410 e. The highest BCUT2D eigenvalue weighted by molar-refractivity contribution is 5.85. The van der Waals surface area contributed by atoms with E-state index in [0.717, 1.165) is 16.9 Å². The number of amides is 2. The minimum Gasteiger partial charge on any atom is -0.489 e. The normalized spacial score (nSPS) is 15.0. The second-order valence-electron chi connectivity index (χ2n) is 10.0. The van der Waals surface area contributed by atoms with Crippen LogP contribution in [0, 0.1) is 0 Å². The van der Waals surface area contributed by atoms with Crippen molar-refractivity contribution in [3.63, 3.8) is 0 Å². The first kappa shape index (κ1) is 28.0. The highest BCUT2D eigenvalue weighted by Crippen LogP contribution is 2.16. The Hall–Kier alpha value is -3.59. The first-order valence-corrected chi connectivity index (χ1v) is 12.5. The van der Waals surface area contributed by atoms with Gasteiger partial charge >= 0.3 is 12.1 Å². The van der Waals surface area contributed by atoms with Gasteiger partial charge in [0.15, 0.2) is 0 Å². The Morgan fingerprint density at radius 3 is 2.16 bits per heavy atom. The van der Waals surface area contributed by atoms with Crippen molar-refractivity contribution in [3.8, 4) is 5.75 Å². The Morgan fingerprint density at radius 1 is 0.919 bits per heavy atom. The predicted octanol–water partition coefficient (Wildman–Crippen LogP) is 3.02. The maximum Gasteiger partial charge on any atom is 0.410 e. The van der Waals surface area contributed by atoms with Crippen LogP contribution in [0.3, 0.4) is 0 Å². The third-order valence-electron chi connectivity index (χ3n) is 5.82. The molecule has 2 amide bonds. The van der Waals surface area contributed by atoms with Crippen LogP contribution in [0.2, 0.25) is 0 Å². The van der Waals surface area contributed by atoms with Crippen molar-refractivity contribution in [1.82, 2.24) is 15.1 Å². The van der Waals surface area contributed by atoms with Crippen LogP contribution in [-0.2, 0) is 32.1 Å². The van der Waals surface area contributed by atoms with Gasteiger partial charge < -0.3 is 24.4 Å². The number of nitrogens with one attached hydrogen (secondary N) is 1. The highest BCUT2D eigenvalue weighted by atomic mass is 16.6. The van der Waals surface area contributed by atoms with Crippen LogP contribution >= 0.6 is 0 Å². The molecule has 2 aromatic carbocycles. The van der Waals surface area contributed by atoms with Crippen molar-refractivity contribution in [3.05, 3.63) is 65.7 Å². The van der Waals surface area contributed by atoms with Crippen molar-refractivity contribution in [2.24, 2.45) is 0 Å². The van der Waals surface area contributed by atoms with E-state index >= 15 is 0 Å². The number of hydrogen-bond acceptors (Lipinski definition) is 7. The number of rotatable bonds is 9. The zero-order valence-corrected chi connectivity index (χ0v) is 22.1. The monoisotopic (exact) mass is 511 g/mol. The average molecular weight is 512 g/mol. The number of benzene rings is 2. The highest BCUT2D eigenvalue weighted by Gasteiger charge is 2.28. The van der Waals surface area contributed by atoms with Crippen LogP contribution in [0.1, 0.15) is 31.9 Å². The van der Waals surface area contributed by atoms with Gasteiger partial charge in [-0.2, -0.15) is 0 Å². The largest absolute Gasteiger partial charge is 0.489 e. The lowest BCUT2D eigenvalue weighted by Crippen LogP contribution is -2.53. The molecule has 1 aliphatic heterocycles. The number of methoxy groups -OCH3 is 1. The molecule has 0 radical (unpaired) electrons. The van der Waals surface area contributed by atoms with Crippen molar-refractivity contribution in [2.75, 3.05) is 39.8 Å². The molecule has 9 nitrogen and oxygen atoms in total. The first-order chi connectivity index (χ1) is 17.6. The molecule has 0 unspecified atom stereocenters. The van der Waals surface area contributed by atoms with E-state index in [9.17, 15) is 14.4 Å². The van der Waals surface area contributed by atoms with E-state index in [1.54, 1.807) is 4.90 Å². The molecule has 1 saturated heterocycles. The van der Waals surface area contributed by atoms with Gasteiger partial charge in [-0.15, -0.1) is 0 Å². The SMILES string of the molecule is COC(=O)[C@H](Cc1ccc(OCc2ccccc2)cc1)NC(=O)CN1CCN(C(=O)OC(C)(C)C)CC1. The lowest BCUT2D eigenvalue weighted by Gasteiger charge is -2.35. The molecule has 1 aliphatic rings. The molecular weight excluding hydrogens is 474 g/mol. The molecule has 1 atom stereocenters. The van der Waals surface area contributed by atoms with Crippen LogP contribution in [-0.4, -0.2) is 79.2 Å². The third kappa shape index (κ3) is 9.42. The summed E-state index contributed by atoms with van der Waals surface area (Å²) in [6.07, 6.45) is -0.0529. The van der Waals surface area contributed by atoms with Crippen molar-refractivity contribution in [1.29, 1.82) is 0 Å². The number of carbonyl (C=O) groups excluding carboxylic acids is 3. The molecule has 1 fully saturated rings. The minimum atomic E-state index is -0.809. The van der Waals surface area contributed by atoms with Gasteiger partial charge in [-0.05, 0) is 44.0 Å². The van der Waals surface area contributed by atoms with Gasteiger partial charge in [0.25, 0.3) is 0 Å². The third-order valence-corrected chi connectivity index (χ3v) is 5.82. The number of ether oxygens (including phenoxy) is 3. The van der Waals surface area contributed by atoms with Crippen LogP contribution in [0.25, 0.3) is 0 Å². The fourth-order valence-corrected chi connectivity index (χ4v) is 3.89. The summed E-state index contributed by atoms with van der Waals surface area (Å²) in [7, 11) is 1.30. The average Bonchev–Trinajstić information content (AvgIpc) is 2.87. The number of carbonyl (C=O) groups is 3. The van der Waals surface area contributed by atoms with Gasteiger partial charge in [-0.1, -0.05) is 42.5 Å². The molecule has 9 heteroatoms. The fourth-order valence-electron chi connectivity index (χ4n) is 3.89. The number of piperazine rings is 1. The maximum atomic E-state index is 12.7. The second kappa shape index (κ2) is 13.1. The van der Waals surface area contributed by atoms with Crippen molar-refractivity contribution < 1.29 is 28.6 Å². The Labute approximate surface area is 218 Å². The number of nitrogens with zero attached hydrogens (tertiary/aromatic N) is 2. The van der Waals surface area contributed by atoms with Gasteiger partial charge in [-0.3, -0.25) is 9.69 Å². The zero-order valence-electron chi connectivity index (χ0n) is 22.1. The standard InChI is InChI=1S/C28H37N3O6/c1-28(2,3)37-27(34)31-16-14-30(15-17-31)19-25(32)29-24(26(33)35-4)18-21-10-12-23(13-11-21)36-20-22-8-6-5-7-9-22/h5-13,24H,14-20H2,1-4H3,(H,29,32)/t24-/m0/s1. The molecule has 0 bridgehead atoms. The molecule has 0 aliphatic carbocycles. The topological polar surface area (TPSA) is 97.4 Å². The van der Waals surface area contributed by atoms with Gasteiger partial charge in [0.05, 0.1) is 13.7 Å². The van der Waals surface area contributed by atoms with Crippen LogP contribution in [0.5, 0.6) is 5.75 Å². The van der Waals surface area contributed by atoms with Crippen LogP contribution in [0.4, 0.5) is 4.79 Å². The van der Waals surface area contributed by atoms with E-state index in [0.29, 0.717) is 39.2 Å². The van der Waals surface area contributed by atoms with Crippen LogP contribution in [0.15, 0.2) is 54.6 Å². The van der Waals surface area contributed by atoms with E-state index in [1.165, 1.54) is 7.11 Å². The zero-order chi connectivity index (χ0) is 26.8. The lowest BCUT2D eigenvalue weighted by molar-refractivity contribution is -0.145. The molecule has 0 aromatic heterocycles. The minimum absolute atomic E-state index is 0.127. The van der Waals surface area contributed by atoms with Gasteiger partial charge in [0.2, 0.25) is 5.91 Å². The molecule has 1 N–H and O–H groups in total. The first-order valence-electron chi connectivity index (χ1n) is 12.5. The van der Waals surface area contributed by atoms with Gasteiger partial charge in [-0.25, -0.2) is 9.59 Å². The summed E-state index contributed by atoms with van der Waals surface area (Å²) in [6.45, 7) is 8.11. The molecule has 200 valence electrons. The summed E-state index contributed by atoms with van der Waals surface area (Å²) in [5, 5.41) is 2.80. The quantitative estimate of drug-likeness (QED) is 0.517. The summed E-state index contributed by atoms with van der Waals surface area (Å²) in [6, 6.07) is 16.5. The van der Waals surface area contributed by atoms with Gasteiger partial charge in [0.1, 0.15) is 24.0 Å². The Balaban J connectivity index is 1.47. The molecule has 1 heterocycles. The van der Waals surface area contributed by atoms with E-state index in [-0.39, 0.29) is 18.5 Å². The summed E-state index contributed by atoms with van der Waals surface area (Å²) in [5.41, 5.74) is 1.40. The molecular formula is C28H37N3O6. The molecule has 0 saturated carbocycles. The van der Waals surface area contributed by atoms with Crippen molar-refractivity contribution in [2.45, 2.75) is 45.4 Å².